The Kier molecular flexibility index (Phi) is 8.20. The maximum absolute atomic E-state index is 11.2. The van der Waals surface area contributed by atoms with Gasteiger partial charge in [0.1, 0.15) is 24.4 Å². The number of aliphatic hydroxyl groups excluding tert-OH is 3. The standard InChI is InChI=1S/C12H23N4O6/c1-7(18)15-9-11(20)10(19)8(6-17)22-12(9)21-5-3-2-4-14-16-13/h8-12,17,19-20H,2-6H2,1H3,(H2-,13,14,15,18)/q-1/t8-,9-,10-,11-,12-/m1/s1. The number of rotatable bonds is 9. The molecule has 0 unspecified atom stereocenters. The van der Waals surface area contributed by atoms with E-state index in [1.165, 1.54) is 6.92 Å². The molecule has 1 aliphatic heterocycles. The lowest BCUT2D eigenvalue weighted by atomic mass is 9.97. The van der Waals surface area contributed by atoms with Crippen LogP contribution in [0.25, 0.3) is 5.53 Å². The van der Waals surface area contributed by atoms with Crippen molar-refractivity contribution in [1.82, 2.24) is 10.7 Å². The lowest BCUT2D eigenvalue weighted by Gasteiger charge is -2.42. The molecule has 5 N–H and O–H groups in total. The first kappa shape index (κ1) is 18.7. The van der Waals surface area contributed by atoms with Crippen LogP contribution >= 0.6 is 0 Å². The fraction of sp³-hybridized carbons (Fsp3) is 0.917. The third kappa shape index (κ3) is 5.46. The van der Waals surface area contributed by atoms with Crippen LogP contribution in [0, 0.1) is 0 Å². The fourth-order valence-corrected chi connectivity index (χ4v) is 2.17. The Balaban J connectivity index is 2.53. The Morgan fingerprint density at radius 1 is 1.36 bits per heavy atom. The number of amides is 1. The van der Waals surface area contributed by atoms with Gasteiger partial charge in [-0.1, -0.05) is 6.42 Å². The minimum absolute atomic E-state index is 0.273. The van der Waals surface area contributed by atoms with Crippen molar-refractivity contribution in [1.29, 1.82) is 0 Å². The van der Waals surface area contributed by atoms with Crippen molar-refractivity contribution in [3.05, 3.63) is 5.53 Å². The molecule has 1 saturated heterocycles. The maximum atomic E-state index is 11.2. The second kappa shape index (κ2) is 9.64. The number of unbranched alkanes of at least 4 members (excludes halogenated alkanes) is 1. The van der Waals surface area contributed by atoms with Crippen LogP contribution in [0.2, 0.25) is 0 Å². The summed E-state index contributed by atoms with van der Waals surface area (Å²) in [5.41, 5.74) is 10.6. The van der Waals surface area contributed by atoms with Gasteiger partial charge in [-0.05, 0) is 13.0 Å². The number of ether oxygens (including phenoxy) is 2. The van der Waals surface area contributed by atoms with E-state index in [-0.39, 0.29) is 6.61 Å². The van der Waals surface area contributed by atoms with E-state index in [9.17, 15) is 15.0 Å². The van der Waals surface area contributed by atoms with Crippen LogP contribution in [-0.4, -0.2) is 71.6 Å². The Morgan fingerprint density at radius 2 is 2.09 bits per heavy atom. The van der Waals surface area contributed by atoms with Crippen LogP contribution in [0.15, 0.2) is 5.22 Å². The first-order valence-electron chi connectivity index (χ1n) is 7.09. The average molecular weight is 319 g/mol. The molecule has 128 valence electrons. The first-order valence-corrected chi connectivity index (χ1v) is 7.09. The molecule has 0 bridgehead atoms. The number of nitrogens with one attached hydrogen (secondary N) is 2. The minimum Gasteiger partial charge on any atom is -0.414 e. The summed E-state index contributed by atoms with van der Waals surface area (Å²) in [6.45, 7) is 1.54. The molecule has 5 atom stereocenters. The highest BCUT2D eigenvalue weighted by molar-refractivity contribution is 5.73. The fourth-order valence-electron chi connectivity index (χ4n) is 2.17. The van der Waals surface area contributed by atoms with E-state index in [4.69, 9.17) is 20.1 Å². The SMILES string of the molecule is CC(=O)N[C@H]1[C@H](OCCCCNN=[N-])O[C@H](CO)[C@@H](O)[C@@H]1O. The lowest BCUT2D eigenvalue weighted by molar-refractivity contribution is -0.270. The maximum Gasteiger partial charge on any atom is 0.217 e. The van der Waals surface area contributed by atoms with Crippen LogP contribution in [-0.2, 0) is 14.3 Å². The van der Waals surface area contributed by atoms with E-state index in [0.29, 0.717) is 19.4 Å². The number of nitrogens with zero attached hydrogens (tertiary/aromatic N) is 2. The van der Waals surface area contributed by atoms with Gasteiger partial charge >= 0.3 is 0 Å². The predicted octanol–water partition coefficient (Wildman–Crippen LogP) is -1.75. The number of aliphatic hydroxyl groups is 3. The van der Waals surface area contributed by atoms with E-state index in [2.05, 4.69) is 16.0 Å². The van der Waals surface area contributed by atoms with Crippen LogP contribution < -0.4 is 10.7 Å². The summed E-state index contributed by atoms with van der Waals surface area (Å²) < 4.78 is 10.9. The normalized spacial score (nSPS) is 31.5. The summed E-state index contributed by atoms with van der Waals surface area (Å²) in [4.78, 5) is 11.2. The van der Waals surface area contributed by atoms with Crippen molar-refractivity contribution in [3.63, 3.8) is 0 Å². The van der Waals surface area contributed by atoms with E-state index in [1.807, 2.05) is 0 Å². The summed E-state index contributed by atoms with van der Waals surface area (Å²) in [6.07, 6.45) is -3.30. The van der Waals surface area contributed by atoms with E-state index >= 15 is 0 Å². The van der Waals surface area contributed by atoms with E-state index in [0.717, 1.165) is 0 Å². The molecule has 0 aromatic heterocycles. The van der Waals surface area contributed by atoms with Crippen molar-refractivity contribution in [2.75, 3.05) is 19.8 Å². The Bertz CT molecular complexity index is 359. The lowest BCUT2D eigenvalue weighted by Crippen LogP contribution is -2.64. The summed E-state index contributed by atoms with van der Waals surface area (Å²) in [5.74, 6) is -0.398. The average Bonchev–Trinajstić information content (AvgIpc) is 2.49. The number of hydrogen-bond donors (Lipinski definition) is 5. The Hall–Kier alpha value is -1.33. The molecule has 1 fully saturated rings. The van der Waals surface area contributed by atoms with Crippen LogP contribution in [0.3, 0.4) is 0 Å². The Morgan fingerprint density at radius 3 is 2.68 bits per heavy atom. The highest BCUT2D eigenvalue weighted by Gasteiger charge is 2.45. The Labute approximate surface area is 128 Å². The van der Waals surface area contributed by atoms with Gasteiger partial charge in [0.25, 0.3) is 0 Å². The number of carbonyl (C=O) groups is 1. The molecular formula is C12H23N4O6-. The zero-order chi connectivity index (χ0) is 16.5. The zero-order valence-corrected chi connectivity index (χ0v) is 12.4. The molecule has 10 heteroatoms. The molecular weight excluding hydrogens is 296 g/mol. The molecule has 22 heavy (non-hydrogen) atoms. The highest BCUT2D eigenvalue weighted by Crippen LogP contribution is 2.22. The van der Waals surface area contributed by atoms with Crippen molar-refractivity contribution < 1.29 is 29.6 Å². The second-order valence-corrected chi connectivity index (χ2v) is 5.02. The molecule has 0 aromatic rings. The van der Waals surface area contributed by atoms with Gasteiger partial charge in [-0.3, -0.25) is 10.0 Å². The third-order valence-corrected chi connectivity index (χ3v) is 3.29. The highest BCUT2D eigenvalue weighted by atomic mass is 16.7. The van der Waals surface area contributed by atoms with Gasteiger partial charge in [0.15, 0.2) is 6.29 Å². The number of hydrogen-bond acceptors (Lipinski definition) is 7. The molecule has 1 heterocycles. The molecule has 10 nitrogen and oxygen atoms in total. The van der Waals surface area contributed by atoms with Gasteiger partial charge < -0.3 is 41.1 Å². The van der Waals surface area contributed by atoms with Gasteiger partial charge in [0.2, 0.25) is 5.91 Å². The first-order chi connectivity index (χ1) is 10.5. The topological polar surface area (TPSA) is 155 Å². The molecule has 1 aliphatic rings. The quantitative estimate of drug-likeness (QED) is 0.192. The monoisotopic (exact) mass is 319 g/mol. The molecule has 1 rings (SSSR count). The molecule has 0 aliphatic carbocycles. The van der Waals surface area contributed by atoms with E-state index in [1.54, 1.807) is 0 Å². The summed E-state index contributed by atoms with van der Waals surface area (Å²) in [6, 6.07) is -0.930. The summed E-state index contributed by atoms with van der Waals surface area (Å²) in [7, 11) is 0. The van der Waals surface area contributed by atoms with Crippen molar-refractivity contribution >= 4 is 5.91 Å². The molecule has 1 amide bonds. The van der Waals surface area contributed by atoms with E-state index < -0.39 is 43.2 Å². The predicted molar refractivity (Wildman–Crippen MR) is 74.3 cm³/mol. The van der Waals surface area contributed by atoms with Gasteiger partial charge in [0.05, 0.1) is 6.61 Å². The molecule has 0 spiro atoms. The van der Waals surface area contributed by atoms with Gasteiger partial charge in [-0.15, -0.1) is 0 Å². The van der Waals surface area contributed by atoms with Gasteiger partial charge in [0, 0.05) is 13.5 Å². The van der Waals surface area contributed by atoms with Crippen molar-refractivity contribution in [2.45, 2.75) is 50.4 Å². The molecule has 0 saturated carbocycles. The minimum atomic E-state index is -1.32. The summed E-state index contributed by atoms with van der Waals surface area (Å²) >= 11 is 0. The number of carbonyl (C=O) groups excluding carboxylic acids is 1. The molecule has 0 aromatic carbocycles. The van der Waals surface area contributed by atoms with Crippen molar-refractivity contribution in [2.24, 2.45) is 5.22 Å². The largest absolute Gasteiger partial charge is 0.414 e. The van der Waals surface area contributed by atoms with Crippen molar-refractivity contribution in [3.8, 4) is 0 Å². The smallest absolute Gasteiger partial charge is 0.217 e. The summed E-state index contributed by atoms with van der Waals surface area (Å²) in [5, 5.41) is 34.3. The van der Waals surface area contributed by atoms with Gasteiger partial charge in [-0.2, -0.15) is 0 Å². The second-order valence-electron chi connectivity index (χ2n) is 5.02. The zero-order valence-electron chi connectivity index (χ0n) is 12.4. The van der Waals surface area contributed by atoms with Gasteiger partial charge in [-0.25, -0.2) is 0 Å². The third-order valence-electron chi connectivity index (χ3n) is 3.29. The molecule has 0 radical (unpaired) electrons. The van der Waals surface area contributed by atoms with Crippen LogP contribution in [0.5, 0.6) is 0 Å². The van der Waals surface area contributed by atoms with Crippen LogP contribution in [0.4, 0.5) is 0 Å². The van der Waals surface area contributed by atoms with Crippen LogP contribution in [0.1, 0.15) is 19.8 Å².